The summed E-state index contributed by atoms with van der Waals surface area (Å²) in [7, 11) is -4.76. The van der Waals surface area contributed by atoms with E-state index in [1.165, 1.54) is 148 Å². The Hall–Kier alpha value is -2.82. The molecule has 3 atom stereocenters. The number of phosphoric acid groups is 1. The van der Waals surface area contributed by atoms with Crippen LogP contribution in [0.25, 0.3) is 0 Å². The summed E-state index contributed by atoms with van der Waals surface area (Å²) in [6.07, 6.45) is 67.4. The highest BCUT2D eigenvalue weighted by Crippen LogP contribution is 2.43. The van der Waals surface area contributed by atoms with Gasteiger partial charge in [0.15, 0.2) is 6.10 Å². The summed E-state index contributed by atoms with van der Waals surface area (Å²) in [5.41, 5.74) is 0. The van der Waals surface area contributed by atoms with Crippen LogP contribution in [0.1, 0.15) is 303 Å². The van der Waals surface area contributed by atoms with E-state index in [-0.39, 0.29) is 25.9 Å². The lowest BCUT2D eigenvalue weighted by molar-refractivity contribution is -0.161. The van der Waals surface area contributed by atoms with Gasteiger partial charge in [0.1, 0.15) is 12.7 Å². The van der Waals surface area contributed by atoms with Gasteiger partial charge in [-0.1, -0.05) is 242 Å². The minimum atomic E-state index is -4.76. The van der Waals surface area contributed by atoms with Crippen LogP contribution in [-0.4, -0.2) is 66.5 Å². The standard InChI is InChI=1S/C66H119O11P/c1-4-7-10-13-16-19-22-25-28-30-31-33-36-39-42-45-48-51-54-57-66(70)77-63(59-73-64(68)55-52-49-46-43-40-37-35-32-29-26-23-20-17-14-11-8-5-2)61-75-78(71,72)74-60-62(58-67)76-65(69)56-53-50-47-44-41-38-34-27-24-21-18-15-12-9-6-3/h9,12,18,21,25-29,34,62-63,67H,4-8,10-11,13-17,19-20,22-24,30-33,35-61H2,1-3H3,(H,71,72)/b12-9-,21-18-,28-25-,29-26-,34-27-. The number of rotatable bonds is 60. The second-order valence-corrected chi connectivity index (χ2v) is 23.0. The molecular formula is C66H119O11P. The molecule has 0 spiro atoms. The minimum Gasteiger partial charge on any atom is -0.462 e. The fraction of sp³-hybridized carbons (Fsp3) is 0.803. The van der Waals surface area contributed by atoms with Crippen molar-refractivity contribution in [3.05, 3.63) is 60.8 Å². The molecule has 0 radical (unpaired) electrons. The molecule has 454 valence electrons. The van der Waals surface area contributed by atoms with Crippen LogP contribution in [0.3, 0.4) is 0 Å². The maximum absolute atomic E-state index is 13.0. The van der Waals surface area contributed by atoms with Crippen molar-refractivity contribution in [2.24, 2.45) is 0 Å². The summed E-state index contributed by atoms with van der Waals surface area (Å²) >= 11 is 0. The second-order valence-electron chi connectivity index (χ2n) is 21.5. The molecule has 0 saturated carbocycles. The van der Waals surface area contributed by atoms with Crippen molar-refractivity contribution in [3.63, 3.8) is 0 Å². The van der Waals surface area contributed by atoms with E-state index in [1.807, 2.05) is 0 Å². The number of hydrogen-bond donors (Lipinski definition) is 2. The second kappa shape index (κ2) is 60.3. The Labute approximate surface area is 478 Å². The fourth-order valence-corrected chi connectivity index (χ4v) is 9.79. The topological polar surface area (TPSA) is 155 Å². The number of ether oxygens (including phenoxy) is 3. The Morgan fingerprint density at radius 1 is 0.372 bits per heavy atom. The molecule has 12 heteroatoms. The van der Waals surface area contributed by atoms with Crippen LogP contribution in [0, 0.1) is 0 Å². The van der Waals surface area contributed by atoms with Crippen molar-refractivity contribution >= 4 is 25.7 Å². The number of aliphatic hydroxyl groups excluding tert-OH is 1. The lowest BCUT2D eigenvalue weighted by Gasteiger charge is -2.21. The Balaban J connectivity index is 4.71. The Kier molecular flexibility index (Phi) is 58.1. The van der Waals surface area contributed by atoms with E-state index in [9.17, 15) is 28.9 Å². The molecule has 11 nitrogen and oxygen atoms in total. The number of hydrogen-bond acceptors (Lipinski definition) is 10. The molecule has 0 aliphatic heterocycles. The first kappa shape index (κ1) is 75.2. The molecule has 0 aromatic rings. The van der Waals surface area contributed by atoms with E-state index in [4.69, 9.17) is 23.3 Å². The third-order valence-electron chi connectivity index (χ3n) is 13.9. The summed E-state index contributed by atoms with van der Waals surface area (Å²) in [6.45, 7) is 4.55. The SMILES string of the molecule is CC/C=C\C/C=C\C/C=C\CCCCCCCC(=O)OC(CO)COP(=O)(O)OCC(COC(=O)CCCCCCCCC/C=C\CCCCCCCC)OC(=O)CCCCCCCCCCC/C=C\CCCCCCCC. The predicted octanol–water partition coefficient (Wildman–Crippen LogP) is 19.5. The molecule has 0 fully saturated rings. The molecule has 0 bridgehead atoms. The van der Waals surface area contributed by atoms with Gasteiger partial charge in [-0.3, -0.25) is 23.4 Å². The van der Waals surface area contributed by atoms with E-state index in [2.05, 4.69) is 81.5 Å². The quantitative estimate of drug-likeness (QED) is 0.0197. The first-order chi connectivity index (χ1) is 38.2. The average molecular weight is 1120 g/mol. The van der Waals surface area contributed by atoms with Gasteiger partial charge >= 0.3 is 25.7 Å². The Bertz CT molecular complexity index is 1540. The molecule has 0 amide bonds. The van der Waals surface area contributed by atoms with E-state index >= 15 is 0 Å². The maximum atomic E-state index is 13.0. The monoisotopic (exact) mass is 1120 g/mol. The number of carbonyl (C=O) groups excluding carboxylic acids is 3. The molecule has 3 unspecified atom stereocenters. The summed E-state index contributed by atoms with van der Waals surface area (Å²) in [4.78, 5) is 48.7. The van der Waals surface area contributed by atoms with Gasteiger partial charge in [-0.25, -0.2) is 4.57 Å². The summed E-state index contributed by atoms with van der Waals surface area (Å²) < 4.78 is 39.7. The number of unbranched alkanes of at least 4 members (excludes halogenated alkanes) is 33. The molecule has 78 heavy (non-hydrogen) atoms. The van der Waals surface area contributed by atoms with Crippen molar-refractivity contribution in [1.82, 2.24) is 0 Å². The van der Waals surface area contributed by atoms with Gasteiger partial charge in [0.2, 0.25) is 0 Å². The van der Waals surface area contributed by atoms with Crippen molar-refractivity contribution in [2.75, 3.05) is 26.4 Å². The maximum Gasteiger partial charge on any atom is 0.472 e. The zero-order chi connectivity index (χ0) is 56.9. The van der Waals surface area contributed by atoms with Crippen LogP contribution >= 0.6 is 7.82 Å². The van der Waals surface area contributed by atoms with Crippen molar-refractivity contribution in [1.29, 1.82) is 0 Å². The number of esters is 3. The Morgan fingerprint density at radius 3 is 1.04 bits per heavy atom. The van der Waals surface area contributed by atoms with Gasteiger partial charge in [-0.15, -0.1) is 0 Å². The number of allylic oxidation sites excluding steroid dienone is 10. The van der Waals surface area contributed by atoms with Crippen LogP contribution in [-0.2, 0) is 42.2 Å². The van der Waals surface area contributed by atoms with Crippen molar-refractivity contribution in [2.45, 2.75) is 315 Å². The van der Waals surface area contributed by atoms with Gasteiger partial charge < -0.3 is 24.2 Å². The minimum absolute atomic E-state index is 0.158. The molecule has 0 aromatic carbocycles. The summed E-state index contributed by atoms with van der Waals surface area (Å²) in [6, 6.07) is 0. The van der Waals surface area contributed by atoms with E-state index in [1.54, 1.807) is 0 Å². The molecule has 0 aromatic heterocycles. The first-order valence-corrected chi connectivity index (χ1v) is 33.7. The lowest BCUT2D eigenvalue weighted by atomic mass is 10.1. The first-order valence-electron chi connectivity index (χ1n) is 32.2. The smallest absolute Gasteiger partial charge is 0.462 e. The third kappa shape index (κ3) is 57.9. The fourth-order valence-electron chi connectivity index (χ4n) is 9.01. The van der Waals surface area contributed by atoms with Gasteiger partial charge in [0.25, 0.3) is 0 Å². The highest BCUT2D eigenvalue weighted by Gasteiger charge is 2.28. The highest BCUT2D eigenvalue weighted by atomic mass is 31.2. The molecule has 0 aliphatic carbocycles. The van der Waals surface area contributed by atoms with Crippen LogP contribution in [0.5, 0.6) is 0 Å². The molecule has 0 aliphatic rings. The summed E-state index contributed by atoms with van der Waals surface area (Å²) in [5, 5.41) is 9.84. The molecular weight excluding hydrogens is 1000 g/mol. The number of aliphatic hydroxyl groups is 1. The molecule has 0 saturated heterocycles. The predicted molar refractivity (Wildman–Crippen MR) is 325 cm³/mol. The van der Waals surface area contributed by atoms with E-state index < -0.39 is 57.8 Å². The zero-order valence-corrected chi connectivity index (χ0v) is 51.3. The van der Waals surface area contributed by atoms with Crippen LogP contribution in [0.4, 0.5) is 0 Å². The van der Waals surface area contributed by atoms with Crippen LogP contribution in [0.15, 0.2) is 60.8 Å². The van der Waals surface area contributed by atoms with Crippen molar-refractivity contribution < 1.29 is 52.2 Å². The van der Waals surface area contributed by atoms with E-state index in [0.717, 1.165) is 96.3 Å². The molecule has 0 heterocycles. The highest BCUT2D eigenvalue weighted by molar-refractivity contribution is 7.47. The average Bonchev–Trinajstić information content (AvgIpc) is 3.43. The van der Waals surface area contributed by atoms with E-state index in [0.29, 0.717) is 19.3 Å². The van der Waals surface area contributed by atoms with Gasteiger partial charge in [0.05, 0.1) is 19.8 Å². The van der Waals surface area contributed by atoms with Gasteiger partial charge in [0, 0.05) is 19.3 Å². The number of phosphoric ester groups is 1. The van der Waals surface area contributed by atoms with Crippen LogP contribution in [0.2, 0.25) is 0 Å². The molecule has 2 N–H and O–H groups in total. The lowest BCUT2D eigenvalue weighted by Crippen LogP contribution is -2.30. The largest absolute Gasteiger partial charge is 0.472 e. The van der Waals surface area contributed by atoms with Crippen molar-refractivity contribution in [3.8, 4) is 0 Å². The number of carbonyl (C=O) groups is 3. The normalized spacial score (nSPS) is 13.7. The Morgan fingerprint density at radius 2 is 0.667 bits per heavy atom. The van der Waals surface area contributed by atoms with Crippen LogP contribution < -0.4 is 0 Å². The summed E-state index contributed by atoms with van der Waals surface area (Å²) in [5.74, 6) is -1.47. The van der Waals surface area contributed by atoms with Gasteiger partial charge in [-0.2, -0.15) is 0 Å². The molecule has 0 rings (SSSR count). The zero-order valence-electron chi connectivity index (χ0n) is 50.4. The third-order valence-corrected chi connectivity index (χ3v) is 14.8. The van der Waals surface area contributed by atoms with Gasteiger partial charge in [-0.05, 0) is 103 Å².